The van der Waals surface area contributed by atoms with Gasteiger partial charge >= 0.3 is 0 Å². The maximum absolute atomic E-state index is 6.50. The number of nitrogens with zero attached hydrogens (tertiary/aromatic N) is 6. The summed E-state index contributed by atoms with van der Waals surface area (Å²) in [6, 6.07) is 14.9. The molecule has 0 spiro atoms. The number of hydrogen-bond donors (Lipinski definition) is 1. The van der Waals surface area contributed by atoms with Crippen molar-refractivity contribution in [2.45, 2.75) is 20.1 Å². The van der Waals surface area contributed by atoms with Crippen LogP contribution in [0.4, 0.5) is 0 Å². The Bertz CT molecular complexity index is 1340. The van der Waals surface area contributed by atoms with Gasteiger partial charge in [-0.1, -0.05) is 37.6 Å². The Balaban J connectivity index is 0.00000141. The molecular weight excluding hydrogens is 466 g/mol. The minimum absolute atomic E-state index is 0.398. The van der Waals surface area contributed by atoms with Gasteiger partial charge in [0.1, 0.15) is 0 Å². The Kier molecular flexibility index (Phi) is 7.69. The minimum atomic E-state index is -0.449. The van der Waals surface area contributed by atoms with E-state index in [1.807, 2.05) is 60.9 Å². The summed E-state index contributed by atoms with van der Waals surface area (Å²) in [6.07, 6.45) is 8.11. The molecule has 0 aliphatic carbocycles. The van der Waals surface area contributed by atoms with Gasteiger partial charge in [0.15, 0.2) is 11.6 Å². The Labute approximate surface area is 208 Å². The number of pyridine rings is 2. The molecule has 1 aliphatic rings. The van der Waals surface area contributed by atoms with Crippen molar-refractivity contribution in [2.75, 3.05) is 7.11 Å². The number of hydrazone groups is 1. The van der Waals surface area contributed by atoms with Gasteiger partial charge in [-0.25, -0.2) is 4.98 Å². The van der Waals surface area contributed by atoms with Crippen LogP contribution >= 0.6 is 11.6 Å². The number of benzene rings is 1. The lowest BCUT2D eigenvalue weighted by atomic mass is 10.2. The normalized spacial score (nSPS) is 14.5. The molecule has 178 valence electrons. The van der Waals surface area contributed by atoms with Gasteiger partial charge in [-0.15, -0.1) is 15.3 Å². The second kappa shape index (κ2) is 11.3. The van der Waals surface area contributed by atoms with Crippen molar-refractivity contribution in [3.8, 4) is 23.0 Å². The number of methoxy groups -OCH3 is 1. The molecule has 1 aliphatic heterocycles. The highest BCUT2D eigenvalue weighted by Crippen LogP contribution is 2.28. The summed E-state index contributed by atoms with van der Waals surface area (Å²) in [5, 5.41) is 13.6. The highest BCUT2D eigenvalue weighted by molar-refractivity contribution is 6.32. The van der Waals surface area contributed by atoms with Crippen molar-refractivity contribution in [2.24, 2.45) is 5.10 Å². The van der Waals surface area contributed by atoms with Crippen LogP contribution in [-0.4, -0.2) is 37.7 Å². The lowest BCUT2D eigenvalue weighted by molar-refractivity contribution is 0.192. The summed E-state index contributed by atoms with van der Waals surface area (Å²) >= 11 is 6.50. The molecule has 0 fully saturated rings. The predicted octanol–water partition coefficient (Wildman–Crippen LogP) is 5.06. The van der Waals surface area contributed by atoms with E-state index in [0.717, 1.165) is 16.8 Å². The molecule has 35 heavy (non-hydrogen) atoms. The van der Waals surface area contributed by atoms with E-state index in [1.54, 1.807) is 43.9 Å². The zero-order valence-electron chi connectivity index (χ0n) is 19.5. The van der Waals surface area contributed by atoms with Crippen molar-refractivity contribution in [3.05, 3.63) is 89.6 Å². The van der Waals surface area contributed by atoms with Crippen LogP contribution in [0.25, 0.3) is 23.2 Å². The molecule has 0 amide bonds. The molecule has 1 unspecified atom stereocenters. The Hall–Kier alpha value is -4.24. The largest absolute Gasteiger partial charge is 0.481 e. The summed E-state index contributed by atoms with van der Waals surface area (Å²) in [6.45, 7) is 4.00. The van der Waals surface area contributed by atoms with Crippen LogP contribution < -0.4 is 10.2 Å². The molecule has 9 nitrogen and oxygen atoms in total. The molecule has 0 saturated heterocycles. The smallest absolute Gasteiger partial charge is 0.233 e. The minimum Gasteiger partial charge on any atom is -0.481 e. The summed E-state index contributed by atoms with van der Waals surface area (Å²) in [5.41, 5.74) is 5.41. The van der Waals surface area contributed by atoms with Crippen molar-refractivity contribution >= 4 is 23.6 Å². The monoisotopic (exact) mass is 489 g/mol. The summed E-state index contributed by atoms with van der Waals surface area (Å²) in [5.74, 6) is 2.10. The van der Waals surface area contributed by atoms with Crippen LogP contribution in [0.15, 0.2) is 78.3 Å². The van der Waals surface area contributed by atoms with Crippen LogP contribution in [-0.2, 0) is 4.74 Å². The van der Waals surface area contributed by atoms with Crippen molar-refractivity contribution < 1.29 is 9.47 Å². The lowest BCUT2D eigenvalue weighted by Crippen LogP contribution is -2.12. The molecule has 0 bridgehead atoms. The third-order valence-corrected chi connectivity index (χ3v) is 5.22. The molecule has 4 heterocycles. The summed E-state index contributed by atoms with van der Waals surface area (Å²) in [7, 11) is 1.56. The number of halogens is 1. The third-order valence-electron chi connectivity index (χ3n) is 4.90. The number of aromatic nitrogens is 5. The van der Waals surface area contributed by atoms with Crippen molar-refractivity contribution in [3.63, 3.8) is 0 Å². The van der Waals surface area contributed by atoms with E-state index in [2.05, 4.69) is 30.7 Å². The van der Waals surface area contributed by atoms with Gasteiger partial charge in [0.2, 0.25) is 18.0 Å². The Morgan fingerprint density at radius 1 is 1.03 bits per heavy atom. The molecule has 5 rings (SSSR count). The van der Waals surface area contributed by atoms with Gasteiger partial charge in [0.05, 0.1) is 17.8 Å². The van der Waals surface area contributed by atoms with Gasteiger partial charge in [0.25, 0.3) is 0 Å². The van der Waals surface area contributed by atoms with E-state index >= 15 is 0 Å². The van der Waals surface area contributed by atoms with Gasteiger partial charge in [0, 0.05) is 41.9 Å². The SMILES string of the molecule is CC.COc1cc(C2NN=C(/C=C/c3nnc(-c4ccncc4)n3-c3ccccc3Cl)O2)ccn1. The molecule has 10 heteroatoms. The first-order valence-corrected chi connectivity index (χ1v) is 11.4. The first-order chi connectivity index (χ1) is 17.2. The van der Waals surface area contributed by atoms with E-state index in [9.17, 15) is 0 Å². The second-order valence-electron chi connectivity index (χ2n) is 6.95. The standard InChI is InChI=1S/C23H18ClN7O2.C2H6/c1-32-21-14-16(10-13-26-21)23-30-28-20(33-23)7-6-19-27-29-22(15-8-11-25-12-9-15)31(19)18-5-3-2-4-17(18)24;1-2/h2-14,23,30H,1H3;1-2H3/b7-6+;. The second-order valence-corrected chi connectivity index (χ2v) is 7.35. The van der Waals surface area contributed by atoms with Crippen LogP contribution in [0.1, 0.15) is 31.5 Å². The van der Waals surface area contributed by atoms with Gasteiger partial charge < -0.3 is 9.47 Å². The average molecular weight is 490 g/mol. The molecular formula is C25H24ClN7O2. The number of hydrogen-bond acceptors (Lipinski definition) is 8. The number of rotatable bonds is 6. The molecule has 1 aromatic carbocycles. The van der Waals surface area contributed by atoms with Crippen LogP contribution in [0.3, 0.4) is 0 Å². The topological polar surface area (TPSA) is 99.3 Å². The number of ether oxygens (including phenoxy) is 2. The lowest BCUT2D eigenvalue weighted by Gasteiger charge is -2.11. The number of nitrogens with one attached hydrogen (secondary N) is 1. The molecule has 4 aromatic rings. The first kappa shape index (κ1) is 23.9. The van der Waals surface area contributed by atoms with E-state index in [4.69, 9.17) is 21.1 Å². The zero-order chi connectivity index (χ0) is 24.6. The van der Waals surface area contributed by atoms with Gasteiger partial charge in [-0.05, 0) is 36.4 Å². The Morgan fingerprint density at radius 3 is 2.60 bits per heavy atom. The molecule has 0 radical (unpaired) electrons. The van der Waals surface area contributed by atoms with Gasteiger partial charge in [-0.3, -0.25) is 15.0 Å². The molecule has 1 N–H and O–H groups in total. The maximum atomic E-state index is 6.50. The van der Waals surface area contributed by atoms with E-state index in [1.165, 1.54) is 0 Å². The first-order valence-electron chi connectivity index (χ1n) is 11.0. The summed E-state index contributed by atoms with van der Waals surface area (Å²) in [4.78, 5) is 8.19. The quantitative estimate of drug-likeness (QED) is 0.404. The Morgan fingerprint density at radius 2 is 1.83 bits per heavy atom. The highest BCUT2D eigenvalue weighted by atomic mass is 35.5. The summed E-state index contributed by atoms with van der Waals surface area (Å²) < 4.78 is 13.0. The highest BCUT2D eigenvalue weighted by Gasteiger charge is 2.21. The predicted molar refractivity (Wildman–Crippen MR) is 135 cm³/mol. The van der Waals surface area contributed by atoms with E-state index in [-0.39, 0.29) is 0 Å². The average Bonchev–Trinajstić information content (AvgIpc) is 3.57. The molecule has 1 atom stereocenters. The fraction of sp³-hybridized carbons (Fsp3) is 0.160. The van der Waals surface area contributed by atoms with E-state index in [0.29, 0.717) is 28.4 Å². The van der Waals surface area contributed by atoms with Crippen molar-refractivity contribution in [1.29, 1.82) is 0 Å². The number of para-hydroxylation sites is 1. The maximum Gasteiger partial charge on any atom is 0.233 e. The van der Waals surface area contributed by atoms with Crippen LogP contribution in [0.2, 0.25) is 5.02 Å². The fourth-order valence-corrected chi connectivity index (χ4v) is 3.54. The third kappa shape index (κ3) is 5.30. The van der Waals surface area contributed by atoms with Crippen LogP contribution in [0, 0.1) is 0 Å². The fourth-order valence-electron chi connectivity index (χ4n) is 3.32. The van der Waals surface area contributed by atoms with Crippen molar-refractivity contribution in [1.82, 2.24) is 30.2 Å². The zero-order valence-corrected chi connectivity index (χ0v) is 20.2. The van der Waals surface area contributed by atoms with Gasteiger partial charge in [-0.2, -0.15) is 0 Å². The van der Waals surface area contributed by atoms with E-state index < -0.39 is 6.23 Å². The van der Waals surface area contributed by atoms with Crippen LogP contribution in [0.5, 0.6) is 5.88 Å². The molecule has 3 aromatic heterocycles. The molecule has 0 saturated carbocycles.